The molecule has 1 aliphatic heterocycles. The van der Waals surface area contributed by atoms with E-state index < -0.39 is 5.60 Å². The van der Waals surface area contributed by atoms with E-state index in [2.05, 4.69) is 12.2 Å². The number of carbonyl (C=O) groups is 1. The molecular formula is C14H28N2O2. The molecule has 0 aromatic carbocycles. The normalized spacial score (nSPS) is 20.9. The van der Waals surface area contributed by atoms with Gasteiger partial charge in [0.15, 0.2) is 0 Å². The van der Waals surface area contributed by atoms with Crippen LogP contribution < -0.4 is 5.32 Å². The minimum absolute atomic E-state index is 0.164. The minimum atomic E-state index is -0.398. The first-order valence-electron chi connectivity index (χ1n) is 7.11. The number of nitrogens with one attached hydrogen (secondary N) is 1. The van der Waals surface area contributed by atoms with Gasteiger partial charge < -0.3 is 15.0 Å². The van der Waals surface area contributed by atoms with E-state index in [9.17, 15) is 4.79 Å². The number of rotatable bonds is 4. The number of carbonyl (C=O) groups excluding carboxylic acids is 1. The van der Waals surface area contributed by atoms with Gasteiger partial charge in [0.05, 0.1) is 0 Å². The minimum Gasteiger partial charge on any atom is -0.444 e. The first-order valence-corrected chi connectivity index (χ1v) is 7.11. The van der Waals surface area contributed by atoms with Crippen LogP contribution in [0.1, 0.15) is 47.0 Å². The summed E-state index contributed by atoms with van der Waals surface area (Å²) in [4.78, 5) is 13.8. The van der Waals surface area contributed by atoms with Crippen molar-refractivity contribution in [2.75, 3.05) is 26.2 Å². The van der Waals surface area contributed by atoms with Gasteiger partial charge >= 0.3 is 6.09 Å². The summed E-state index contributed by atoms with van der Waals surface area (Å²) in [6.07, 6.45) is 3.28. The number of ether oxygens (including phenoxy) is 1. The molecule has 1 amide bonds. The Morgan fingerprint density at radius 2 is 2.17 bits per heavy atom. The van der Waals surface area contributed by atoms with Gasteiger partial charge in [-0.05, 0) is 59.0 Å². The molecule has 0 aromatic rings. The van der Waals surface area contributed by atoms with Crippen LogP contribution in [0.3, 0.4) is 0 Å². The number of hydrogen-bond acceptors (Lipinski definition) is 3. The van der Waals surface area contributed by atoms with Crippen LogP contribution in [0.5, 0.6) is 0 Å². The third kappa shape index (κ3) is 5.71. The van der Waals surface area contributed by atoms with E-state index in [-0.39, 0.29) is 6.09 Å². The summed E-state index contributed by atoms with van der Waals surface area (Å²) >= 11 is 0. The number of hydrogen-bond donors (Lipinski definition) is 1. The predicted molar refractivity (Wildman–Crippen MR) is 73.7 cm³/mol. The quantitative estimate of drug-likeness (QED) is 0.786. The zero-order valence-corrected chi connectivity index (χ0v) is 12.3. The average molecular weight is 256 g/mol. The first-order chi connectivity index (χ1) is 8.42. The van der Waals surface area contributed by atoms with Gasteiger partial charge in [0.2, 0.25) is 0 Å². The summed E-state index contributed by atoms with van der Waals surface area (Å²) in [6, 6.07) is 0. The van der Waals surface area contributed by atoms with Crippen molar-refractivity contribution in [1.29, 1.82) is 0 Å². The van der Waals surface area contributed by atoms with Crippen LogP contribution >= 0.6 is 0 Å². The average Bonchev–Trinajstić information content (AvgIpc) is 2.27. The van der Waals surface area contributed by atoms with Gasteiger partial charge in [0.1, 0.15) is 5.60 Å². The molecule has 0 bridgehead atoms. The molecule has 1 saturated heterocycles. The van der Waals surface area contributed by atoms with Gasteiger partial charge in [0, 0.05) is 13.1 Å². The van der Waals surface area contributed by atoms with E-state index in [1.165, 1.54) is 6.42 Å². The van der Waals surface area contributed by atoms with Crippen LogP contribution in [0, 0.1) is 5.92 Å². The highest BCUT2D eigenvalue weighted by molar-refractivity contribution is 5.68. The molecule has 18 heavy (non-hydrogen) atoms. The second kappa shape index (κ2) is 6.98. The molecular weight excluding hydrogens is 228 g/mol. The topological polar surface area (TPSA) is 41.6 Å². The molecule has 0 unspecified atom stereocenters. The Morgan fingerprint density at radius 3 is 2.78 bits per heavy atom. The number of amides is 1. The smallest absolute Gasteiger partial charge is 0.410 e. The Kier molecular flexibility index (Phi) is 5.93. The van der Waals surface area contributed by atoms with Crippen LogP contribution in [0.2, 0.25) is 0 Å². The van der Waals surface area contributed by atoms with Crippen LogP contribution in [0.15, 0.2) is 0 Å². The Bertz CT molecular complexity index is 261. The number of likely N-dealkylation sites (tertiary alicyclic amines) is 1. The fourth-order valence-corrected chi connectivity index (χ4v) is 2.21. The van der Waals surface area contributed by atoms with E-state index in [4.69, 9.17) is 4.74 Å². The monoisotopic (exact) mass is 256 g/mol. The van der Waals surface area contributed by atoms with Crippen LogP contribution in [-0.2, 0) is 4.74 Å². The molecule has 1 fully saturated rings. The molecule has 1 N–H and O–H groups in total. The van der Waals surface area contributed by atoms with Crippen molar-refractivity contribution in [2.45, 2.75) is 52.6 Å². The maximum atomic E-state index is 12.0. The second-order valence-electron chi connectivity index (χ2n) is 6.14. The van der Waals surface area contributed by atoms with Crippen molar-refractivity contribution in [3.63, 3.8) is 0 Å². The predicted octanol–water partition coefficient (Wildman–Crippen LogP) is 2.63. The number of nitrogens with zero attached hydrogens (tertiary/aromatic N) is 1. The van der Waals surface area contributed by atoms with Crippen molar-refractivity contribution < 1.29 is 9.53 Å². The molecule has 4 nitrogen and oxygen atoms in total. The summed E-state index contributed by atoms with van der Waals surface area (Å²) in [6.45, 7) is 11.6. The van der Waals surface area contributed by atoms with E-state index in [1.54, 1.807) is 0 Å². The highest BCUT2D eigenvalue weighted by atomic mass is 16.6. The summed E-state index contributed by atoms with van der Waals surface area (Å²) in [5, 5.41) is 3.43. The standard InChI is InChI=1S/C14H28N2O2/c1-5-8-15-10-12-7-6-9-16(11-12)13(17)18-14(2,3)4/h12,15H,5-11H2,1-4H3/t12-/m1/s1. The zero-order chi connectivity index (χ0) is 13.6. The highest BCUT2D eigenvalue weighted by Gasteiger charge is 2.27. The zero-order valence-electron chi connectivity index (χ0n) is 12.3. The Morgan fingerprint density at radius 1 is 1.44 bits per heavy atom. The van der Waals surface area contributed by atoms with Crippen molar-refractivity contribution >= 4 is 6.09 Å². The number of piperidine rings is 1. The van der Waals surface area contributed by atoms with E-state index >= 15 is 0 Å². The molecule has 1 atom stereocenters. The van der Waals surface area contributed by atoms with Gasteiger partial charge in [-0.2, -0.15) is 0 Å². The van der Waals surface area contributed by atoms with Crippen LogP contribution in [0.25, 0.3) is 0 Å². The molecule has 1 aliphatic rings. The molecule has 0 aromatic heterocycles. The largest absolute Gasteiger partial charge is 0.444 e. The molecule has 1 rings (SSSR count). The first kappa shape index (κ1) is 15.3. The summed E-state index contributed by atoms with van der Waals surface area (Å²) in [5.74, 6) is 0.567. The highest BCUT2D eigenvalue weighted by Crippen LogP contribution is 2.18. The fourth-order valence-electron chi connectivity index (χ4n) is 2.21. The van der Waals surface area contributed by atoms with E-state index in [0.29, 0.717) is 5.92 Å². The van der Waals surface area contributed by atoms with Crippen molar-refractivity contribution in [3.05, 3.63) is 0 Å². The van der Waals surface area contributed by atoms with Gasteiger partial charge in [-0.25, -0.2) is 4.79 Å². The molecule has 106 valence electrons. The van der Waals surface area contributed by atoms with Gasteiger partial charge in [0.25, 0.3) is 0 Å². The van der Waals surface area contributed by atoms with Crippen molar-refractivity contribution in [2.24, 2.45) is 5.92 Å². The second-order valence-corrected chi connectivity index (χ2v) is 6.14. The SMILES string of the molecule is CCCNC[C@H]1CCCN(C(=O)OC(C)(C)C)C1. The molecule has 4 heteroatoms. The van der Waals surface area contributed by atoms with Crippen molar-refractivity contribution in [3.8, 4) is 0 Å². The van der Waals surface area contributed by atoms with Gasteiger partial charge in [-0.1, -0.05) is 6.92 Å². The third-order valence-corrected chi connectivity index (χ3v) is 3.03. The Labute approximate surface area is 111 Å². The van der Waals surface area contributed by atoms with Gasteiger partial charge in [-0.15, -0.1) is 0 Å². The Hall–Kier alpha value is -0.770. The Balaban J connectivity index is 2.36. The maximum absolute atomic E-state index is 12.0. The summed E-state index contributed by atoms with van der Waals surface area (Å²) in [5.41, 5.74) is -0.398. The lowest BCUT2D eigenvalue weighted by Crippen LogP contribution is -2.45. The van der Waals surface area contributed by atoms with Crippen LogP contribution in [0.4, 0.5) is 4.79 Å². The fraction of sp³-hybridized carbons (Fsp3) is 0.929. The summed E-state index contributed by atoms with van der Waals surface area (Å²) in [7, 11) is 0. The van der Waals surface area contributed by atoms with E-state index in [1.807, 2.05) is 25.7 Å². The molecule has 0 spiro atoms. The maximum Gasteiger partial charge on any atom is 0.410 e. The lowest BCUT2D eigenvalue weighted by molar-refractivity contribution is 0.0166. The van der Waals surface area contributed by atoms with Crippen LogP contribution in [-0.4, -0.2) is 42.8 Å². The lowest BCUT2D eigenvalue weighted by atomic mass is 9.98. The summed E-state index contributed by atoms with van der Waals surface area (Å²) < 4.78 is 5.42. The van der Waals surface area contributed by atoms with E-state index in [0.717, 1.165) is 39.0 Å². The lowest BCUT2D eigenvalue weighted by Gasteiger charge is -2.34. The molecule has 0 saturated carbocycles. The van der Waals surface area contributed by atoms with Gasteiger partial charge in [-0.3, -0.25) is 0 Å². The molecule has 1 heterocycles. The molecule has 0 radical (unpaired) electrons. The third-order valence-electron chi connectivity index (χ3n) is 3.03. The molecule has 0 aliphatic carbocycles. The van der Waals surface area contributed by atoms with Crippen molar-refractivity contribution in [1.82, 2.24) is 10.2 Å².